The van der Waals surface area contributed by atoms with Crippen molar-refractivity contribution in [2.75, 3.05) is 5.32 Å². The average Bonchev–Trinajstić information content (AvgIpc) is 3.31. The second-order valence-electron chi connectivity index (χ2n) is 7.45. The molecule has 0 atom stereocenters. The van der Waals surface area contributed by atoms with Gasteiger partial charge in [0.1, 0.15) is 0 Å². The maximum Gasteiger partial charge on any atom is 0.433 e. The molecule has 9 heteroatoms. The minimum Gasteiger partial charge on any atom is -0.321 e. The third-order valence-corrected chi connectivity index (χ3v) is 5.22. The van der Waals surface area contributed by atoms with Gasteiger partial charge >= 0.3 is 6.18 Å². The van der Waals surface area contributed by atoms with Crippen molar-refractivity contribution in [1.29, 1.82) is 0 Å². The fourth-order valence-corrected chi connectivity index (χ4v) is 3.59. The number of anilines is 1. The van der Waals surface area contributed by atoms with Gasteiger partial charge in [-0.05, 0) is 41.8 Å². The van der Waals surface area contributed by atoms with Crippen molar-refractivity contribution in [3.8, 4) is 17.1 Å². The summed E-state index contributed by atoms with van der Waals surface area (Å²) in [6, 6.07) is 20.1. The van der Waals surface area contributed by atoms with Crippen molar-refractivity contribution >= 4 is 22.4 Å². The Kier molecular flexibility index (Phi) is 5.29. The number of fused-ring (bicyclic) bond motifs is 1. The van der Waals surface area contributed by atoms with Gasteiger partial charge in [-0.25, -0.2) is 9.67 Å². The molecule has 3 heterocycles. The van der Waals surface area contributed by atoms with E-state index >= 15 is 0 Å². The van der Waals surface area contributed by atoms with Crippen LogP contribution in [0.15, 0.2) is 91.4 Å². The standard InChI is InChI=1S/C25H16F3N5O/c26-25(27,28)22-13-21(17-7-4-12-29-14-17)32-33(22)23-11-10-18(15-30-23)24(34)31-20-9-3-6-16-5-1-2-8-19(16)20/h1-15H,(H,31,34). The quantitative estimate of drug-likeness (QED) is 0.371. The Morgan fingerprint density at radius 3 is 2.47 bits per heavy atom. The number of pyridine rings is 2. The lowest BCUT2D eigenvalue weighted by Gasteiger charge is -2.11. The van der Waals surface area contributed by atoms with E-state index in [1.807, 2.05) is 36.4 Å². The monoisotopic (exact) mass is 459 g/mol. The summed E-state index contributed by atoms with van der Waals surface area (Å²) in [6.45, 7) is 0. The van der Waals surface area contributed by atoms with Crippen LogP contribution >= 0.6 is 0 Å². The summed E-state index contributed by atoms with van der Waals surface area (Å²) in [5.41, 5.74) is 0.397. The smallest absolute Gasteiger partial charge is 0.321 e. The zero-order valence-electron chi connectivity index (χ0n) is 17.5. The van der Waals surface area contributed by atoms with Gasteiger partial charge in [0.05, 0.1) is 11.3 Å². The normalized spacial score (nSPS) is 11.5. The van der Waals surface area contributed by atoms with E-state index in [9.17, 15) is 18.0 Å². The first-order valence-electron chi connectivity index (χ1n) is 10.2. The minimum absolute atomic E-state index is 0.0656. The predicted molar refractivity (Wildman–Crippen MR) is 121 cm³/mol. The number of amides is 1. The second-order valence-corrected chi connectivity index (χ2v) is 7.45. The molecule has 0 bridgehead atoms. The fourth-order valence-electron chi connectivity index (χ4n) is 3.59. The first-order valence-corrected chi connectivity index (χ1v) is 10.2. The van der Waals surface area contributed by atoms with Crippen molar-refractivity contribution < 1.29 is 18.0 Å². The van der Waals surface area contributed by atoms with E-state index in [2.05, 4.69) is 20.4 Å². The number of aromatic nitrogens is 4. The molecular weight excluding hydrogens is 443 g/mol. The molecule has 0 fully saturated rings. The van der Waals surface area contributed by atoms with Gasteiger partial charge in [0.25, 0.3) is 5.91 Å². The Hall–Kier alpha value is -4.53. The van der Waals surface area contributed by atoms with Gasteiger partial charge < -0.3 is 5.32 Å². The van der Waals surface area contributed by atoms with E-state index in [1.165, 1.54) is 30.7 Å². The molecule has 0 saturated carbocycles. The van der Waals surface area contributed by atoms with E-state index in [4.69, 9.17) is 0 Å². The van der Waals surface area contributed by atoms with E-state index in [0.717, 1.165) is 16.8 Å². The van der Waals surface area contributed by atoms with Crippen LogP contribution in [0, 0.1) is 0 Å². The van der Waals surface area contributed by atoms with Crippen LogP contribution in [-0.2, 0) is 6.18 Å². The maximum atomic E-state index is 13.7. The number of halogens is 3. The molecule has 2 aromatic carbocycles. The van der Waals surface area contributed by atoms with Gasteiger partial charge in [-0.2, -0.15) is 18.3 Å². The maximum absolute atomic E-state index is 13.7. The summed E-state index contributed by atoms with van der Waals surface area (Å²) in [5, 5.41) is 8.76. The molecule has 5 rings (SSSR count). The molecule has 0 aliphatic rings. The molecule has 0 unspecified atom stereocenters. The van der Waals surface area contributed by atoms with Crippen molar-refractivity contribution in [3.05, 3.63) is 103 Å². The molecule has 168 valence electrons. The first-order chi connectivity index (χ1) is 16.4. The zero-order chi connectivity index (χ0) is 23.7. The van der Waals surface area contributed by atoms with Crippen molar-refractivity contribution in [1.82, 2.24) is 19.7 Å². The number of hydrogen-bond donors (Lipinski definition) is 1. The molecule has 0 aliphatic carbocycles. The van der Waals surface area contributed by atoms with Gasteiger partial charge in [0, 0.05) is 35.2 Å². The number of rotatable bonds is 4. The number of carbonyl (C=O) groups excluding carboxylic acids is 1. The molecule has 5 aromatic rings. The Labute approximate surface area is 191 Å². The number of alkyl halides is 3. The third-order valence-electron chi connectivity index (χ3n) is 5.22. The SMILES string of the molecule is O=C(Nc1cccc2ccccc12)c1ccc(-n2nc(-c3cccnc3)cc2C(F)(F)F)nc1. The van der Waals surface area contributed by atoms with Crippen LogP contribution in [-0.4, -0.2) is 25.7 Å². The molecule has 34 heavy (non-hydrogen) atoms. The van der Waals surface area contributed by atoms with Gasteiger partial charge in [-0.1, -0.05) is 36.4 Å². The summed E-state index contributed by atoms with van der Waals surface area (Å²) in [7, 11) is 0. The molecule has 0 spiro atoms. The number of carbonyl (C=O) groups is 1. The molecule has 0 radical (unpaired) electrons. The van der Waals surface area contributed by atoms with Crippen LogP contribution in [0.1, 0.15) is 16.1 Å². The minimum atomic E-state index is -4.65. The molecule has 3 aromatic heterocycles. The molecule has 6 nitrogen and oxygen atoms in total. The lowest BCUT2D eigenvalue weighted by molar-refractivity contribution is -0.142. The summed E-state index contributed by atoms with van der Waals surface area (Å²) in [5.74, 6) is -0.493. The highest BCUT2D eigenvalue weighted by Gasteiger charge is 2.36. The Balaban J connectivity index is 1.45. The van der Waals surface area contributed by atoms with E-state index in [1.54, 1.807) is 18.2 Å². The largest absolute Gasteiger partial charge is 0.433 e. The van der Waals surface area contributed by atoms with E-state index < -0.39 is 17.8 Å². The van der Waals surface area contributed by atoms with Gasteiger partial charge in [0.15, 0.2) is 11.5 Å². The third kappa shape index (κ3) is 4.11. The lowest BCUT2D eigenvalue weighted by Crippen LogP contribution is -2.15. The molecule has 1 amide bonds. The topological polar surface area (TPSA) is 72.7 Å². The number of nitrogens with zero attached hydrogens (tertiary/aromatic N) is 4. The number of hydrogen-bond acceptors (Lipinski definition) is 4. The second kappa shape index (κ2) is 8.43. The molecule has 0 saturated heterocycles. The first kappa shape index (κ1) is 21.3. The van der Waals surface area contributed by atoms with Gasteiger partial charge in [-0.15, -0.1) is 0 Å². The number of nitrogens with one attached hydrogen (secondary N) is 1. The van der Waals surface area contributed by atoms with Crippen LogP contribution in [0.25, 0.3) is 27.8 Å². The van der Waals surface area contributed by atoms with Crippen LogP contribution in [0.2, 0.25) is 0 Å². The van der Waals surface area contributed by atoms with Crippen molar-refractivity contribution in [2.24, 2.45) is 0 Å². The predicted octanol–water partition coefficient (Wildman–Crippen LogP) is 5.75. The highest BCUT2D eigenvalue weighted by atomic mass is 19.4. The van der Waals surface area contributed by atoms with Gasteiger partial charge in [0.2, 0.25) is 0 Å². The summed E-state index contributed by atoms with van der Waals surface area (Å²) in [4.78, 5) is 20.8. The summed E-state index contributed by atoms with van der Waals surface area (Å²) in [6.07, 6.45) is -0.476. The highest BCUT2D eigenvalue weighted by molar-refractivity contribution is 6.09. The Morgan fingerprint density at radius 2 is 1.74 bits per heavy atom. The van der Waals surface area contributed by atoms with Gasteiger partial charge in [-0.3, -0.25) is 9.78 Å². The fraction of sp³-hybridized carbons (Fsp3) is 0.0400. The Bertz CT molecular complexity index is 1470. The van der Waals surface area contributed by atoms with E-state index in [0.29, 0.717) is 15.9 Å². The Morgan fingerprint density at radius 1 is 0.912 bits per heavy atom. The van der Waals surface area contributed by atoms with Crippen LogP contribution < -0.4 is 5.32 Å². The van der Waals surface area contributed by atoms with Crippen molar-refractivity contribution in [2.45, 2.75) is 6.18 Å². The van der Waals surface area contributed by atoms with E-state index in [-0.39, 0.29) is 17.1 Å². The summed E-state index contributed by atoms with van der Waals surface area (Å²) < 4.78 is 41.7. The lowest BCUT2D eigenvalue weighted by atomic mass is 10.1. The van der Waals surface area contributed by atoms with Crippen molar-refractivity contribution in [3.63, 3.8) is 0 Å². The molecule has 1 N–H and O–H groups in total. The highest BCUT2D eigenvalue weighted by Crippen LogP contribution is 2.33. The van der Waals surface area contributed by atoms with Crippen LogP contribution in [0.4, 0.5) is 18.9 Å². The number of benzene rings is 2. The molecule has 0 aliphatic heterocycles. The zero-order valence-corrected chi connectivity index (χ0v) is 17.5. The van der Waals surface area contributed by atoms with Crippen LogP contribution in [0.5, 0.6) is 0 Å². The average molecular weight is 459 g/mol. The van der Waals surface area contributed by atoms with Crippen LogP contribution in [0.3, 0.4) is 0 Å². The molecular formula is C25H16F3N5O. The summed E-state index contributed by atoms with van der Waals surface area (Å²) >= 11 is 0.